The standard InChI is InChI=1S/C44H38O6/c45-39-7-1-27-15-33-21-41(47)9-3-29(33)19-37-25-43(11-5-31(37)17-35(27)23-39)49-13-14-50-44-12-6-32-18-36-24-40(46)8-2-28(36)16-34-22-42(48)10-4-30(34)20-38(32)26-44/h1-12,21-26,45-48H,13-20H2. The van der Waals surface area contributed by atoms with Crippen LogP contribution in [0, 0.1) is 0 Å². The summed E-state index contributed by atoms with van der Waals surface area (Å²) < 4.78 is 12.4. The zero-order valence-electron chi connectivity index (χ0n) is 27.7. The number of rotatable bonds is 5. The fraction of sp³-hybridized carbons (Fsp3) is 0.182. The van der Waals surface area contributed by atoms with Crippen molar-refractivity contribution in [3.8, 4) is 34.5 Å². The second kappa shape index (κ2) is 13.2. The lowest BCUT2D eigenvalue weighted by molar-refractivity contribution is 0.217. The molecule has 2 aliphatic carbocycles. The van der Waals surface area contributed by atoms with E-state index in [1.807, 2.05) is 60.7 Å². The fourth-order valence-corrected chi connectivity index (χ4v) is 7.41. The fourth-order valence-electron chi connectivity index (χ4n) is 7.41. The first kappa shape index (κ1) is 31.4. The first-order valence-electron chi connectivity index (χ1n) is 17.1. The minimum absolute atomic E-state index is 0.247. The lowest BCUT2D eigenvalue weighted by Crippen LogP contribution is -2.10. The first-order chi connectivity index (χ1) is 24.3. The molecule has 2 aliphatic rings. The summed E-state index contributed by atoms with van der Waals surface area (Å²) in [6, 6.07) is 34.6. The molecule has 0 heterocycles. The van der Waals surface area contributed by atoms with Crippen LogP contribution in [0.25, 0.3) is 0 Å². The van der Waals surface area contributed by atoms with Crippen molar-refractivity contribution in [1.82, 2.24) is 0 Å². The molecular weight excluding hydrogens is 624 g/mol. The molecular formula is C44H38O6. The summed E-state index contributed by atoms with van der Waals surface area (Å²) in [6.45, 7) is 0.734. The summed E-state index contributed by atoms with van der Waals surface area (Å²) in [6.07, 6.45) is 4.17. The van der Waals surface area contributed by atoms with Crippen LogP contribution >= 0.6 is 0 Å². The van der Waals surface area contributed by atoms with Gasteiger partial charge < -0.3 is 29.9 Å². The van der Waals surface area contributed by atoms with Crippen molar-refractivity contribution in [3.05, 3.63) is 176 Å². The van der Waals surface area contributed by atoms with Gasteiger partial charge in [0.2, 0.25) is 0 Å². The van der Waals surface area contributed by atoms with Gasteiger partial charge in [0.15, 0.2) is 0 Å². The Balaban J connectivity index is 0.996. The second-order valence-electron chi connectivity index (χ2n) is 13.4. The smallest absolute Gasteiger partial charge is 0.122 e. The highest BCUT2D eigenvalue weighted by Crippen LogP contribution is 2.34. The van der Waals surface area contributed by atoms with Gasteiger partial charge in [0, 0.05) is 0 Å². The molecule has 50 heavy (non-hydrogen) atoms. The Kier molecular flexibility index (Phi) is 8.29. The summed E-state index contributed by atoms with van der Waals surface area (Å²) in [4.78, 5) is 0. The molecule has 0 spiro atoms. The van der Waals surface area contributed by atoms with Crippen LogP contribution in [0.3, 0.4) is 0 Å². The lowest BCUT2D eigenvalue weighted by Gasteiger charge is -2.15. The number of phenols is 4. The highest BCUT2D eigenvalue weighted by atomic mass is 16.5. The molecule has 6 aromatic carbocycles. The number of hydrogen-bond donors (Lipinski definition) is 4. The van der Waals surface area contributed by atoms with Crippen LogP contribution in [-0.2, 0) is 38.5 Å². The zero-order chi connectivity index (χ0) is 34.2. The van der Waals surface area contributed by atoms with Gasteiger partial charge in [-0.1, -0.05) is 36.4 Å². The molecule has 250 valence electrons. The summed E-state index contributed by atoms with van der Waals surface area (Å²) >= 11 is 0. The van der Waals surface area contributed by atoms with E-state index in [-0.39, 0.29) is 23.0 Å². The van der Waals surface area contributed by atoms with Crippen LogP contribution in [0.1, 0.15) is 66.8 Å². The molecule has 8 rings (SSSR count). The zero-order valence-corrected chi connectivity index (χ0v) is 27.7. The third kappa shape index (κ3) is 6.70. The first-order valence-corrected chi connectivity index (χ1v) is 17.1. The van der Waals surface area contributed by atoms with E-state index in [0.29, 0.717) is 51.7 Å². The summed E-state index contributed by atoms with van der Waals surface area (Å²) in [5.74, 6) is 2.51. The molecule has 0 aliphatic heterocycles. The molecule has 0 saturated heterocycles. The average molecular weight is 663 g/mol. The lowest BCUT2D eigenvalue weighted by atomic mass is 9.95. The maximum absolute atomic E-state index is 10.3. The van der Waals surface area contributed by atoms with Gasteiger partial charge in [-0.2, -0.15) is 0 Å². The Bertz CT molecular complexity index is 2060. The van der Waals surface area contributed by atoms with Crippen molar-refractivity contribution < 1.29 is 29.9 Å². The third-order valence-corrected chi connectivity index (χ3v) is 10.0. The van der Waals surface area contributed by atoms with E-state index in [1.165, 1.54) is 11.1 Å². The number of benzene rings is 6. The molecule has 0 amide bonds. The van der Waals surface area contributed by atoms with E-state index < -0.39 is 0 Å². The van der Waals surface area contributed by atoms with Crippen molar-refractivity contribution in [2.24, 2.45) is 0 Å². The molecule has 0 radical (unpaired) electrons. The van der Waals surface area contributed by atoms with Gasteiger partial charge in [-0.15, -0.1) is 0 Å². The van der Waals surface area contributed by atoms with E-state index >= 15 is 0 Å². The summed E-state index contributed by atoms with van der Waals surface area (Å²) in [5, 5.41) is 41.0. The van der Waals surface area contributed by atoms with Crippen LogP contribution in [-0.4, -0.2) is 33.6 Å². The van der Waals surface area contributed by atoms with E-state index in [2.05, 4.69) is 24.3 Å². The van der Waals surface area contributed by atoms with Crippen LogP contribution in [0.4, 0.5) is 0 Å². The molecule has 0 saturated carbocycles. The van der Waals surface area contributed by atoms with Gasteiger partial charge in [-0.05, 0) is 178 Å². The van der Waals surface area contributed by atoms with Crippen molar-refractivity contribution in [1.29, 1.82) is 0 Å². The molecule has 6 heteroatoms. The largest absolute Gasteiger partial charge is 0.508 e. The Morgan fingerprint density at radius 1 is 0.300 bits per heavy atom. The Morgan fingerprint density at radius 2 is 0.540 bits per heavy atom. The number of aromatic hydroxyl groups is 4. The van der Waals surface area contributed by atoms with E-state index in [1.54, 1.807) is 24.3 Å². The van der Waals surface area contributed by atoms with E-state index in [4.69, 9.17) is 9.47 Å². The Labute approximate surface area is 291 Å². The Morgan fingerprint density at radius 3 is 0.820 bits per heavy atom. The molecule has 6 nitrogen and oxygen atoms in total. The summed E-state index contributed by atoms with van der Waals surface area (Å²) in [7, 11) is 0. The van der Waals surface area contributed by atoms with Crippen molar-refractivity contribution in [2.45, 2.75) is 38.5 Å². The quantitative estimate of drug-likeness (QED) is 0.139. The number of fused-ring (bicyclic) bond motifs is 6. The average Bonchev–Trinajstić information content (AvgIpc) is 3.20. The number of ether oxygens (including phenoxy) is 2. The van der Waals surface area contributed by atoms with E-state index in [0.717, 1.165) is 67.1 Å². The molecule has 0 aromatic heterocycles. The summed E-state index contributed by atoms with van der Waals surface area (Å²) in [5.41, 5.74) is 13.5. The van der Waals surface area contributed by atoms with Gasteiger partial charge in [-0.3, -0.25) is 0 Å². The Hall–Kier alpha value is -5.88. The van der Waals surface area contributed by atoms with E-state index in [9.17, 15) is 20.4 Å². The third-order valence-electron chi connectivity index (χ3n) is 10.0. The predicted molar refractivity (Wildman–Crippen MR) is 193 cm³/mol. The number of hydrogen-bond acceptors (Lipinski definition) is 6. The van der Waals surface area contributed by atoms with Gasteiger partial charge in [0.1, 0.15) is 47.7 Å². The van der Waals surface area contributed by atoms with Gasteiger partial charge >= 0.3 is 0 Å². The second-order valence-corrected chi connectivity index (χ2v) is 13.4. The highest BCUT2D eigenvalue weighted by Gasteiger charge is 2.19. The molecule has 6 aromatic rings. The SMILES string of the molecule is Oc1ccc2c(c1)Cc1ccc(O)cc1Cc1ccc(OCCOc3ccc4c(c3)Cc3ccc(O)cc3Cc3ccc(O)cc3C4)cc1C2. The van der Waals surface area contributed by atoms with Crippen molar-refractivity contribution >= 4 is 0 Å². The number of phenolic OH excluding ortho intramolecular Hbond substituents is 4. The maximum Gasteiger partial charge on any atom is 0.122 e. The van der Waals surface area contributed by atoms with Gasteiger partial charge in [0.25, 0.3) is 0 Å². The molecule has 4 N–H and O–H groups in total. The van der Waals surface area contributed by atoms with Crippen LogP contribution in [0.5, 0.6) is 34.5 Å². The minimum Gasteiger partial charge on any atom is -0.508 e. The van der Waals surface area contributed by atoms with Crippen molar-refractivity contribution in [2.75, 3.05) is 13.2 Å². The molecule has 0 bridgehead atoms. The normalized spacial score (nSPS) is 13.2. The molecule has 0 atom stereocenters. The monoisotopic (exact) mass is 662 g/mol. The van der Waals surface area contributed by atoms with Crippen LogP contribution < -0.4 is 9.47 Å². The van der Waals surface area contributed by atoms with Gasteiger partial charge in [0.05, 0.1) is 0 Å². The van der Waals surface area contributed by atoms with Crippen LogP contribution in [0.2, 0.25) is 0 Å². The molecule has 0 fully saturated rings. The molecule has 0 unspecified atom stereocenters. The topological polar surface area (TPSA) is 99.4 Å². The minimum atomic E-state index is 0.247. The van der Waals surface area contributed by atoms with Crippen LogP contribution in [0.15, 0.2) is 109 Å². The van der Waals surface area contributed by atoms with Crippen molar-refractivity contribution in [3.63, 3.8) is 0 Å². The maximum atomic E-state index is 10.3. The van der Waals surface area contributed by atoms with Gasteiger partial charge in [-0.25, -0.2) is 0 Å². The predicted octanol–water partition coefficient (Wildman–Crippen LogP) is 8.14. The highest BCUT2D eigenvalue weighted by molar-refractivity contribution is 5.52.